The Kier molecular flexibility index (Phi) is 7.82. The molecule has 0 saturated heterocycles. The van der Waals surface area contributed by atoms with Crippen molar-refractivity contribution in [2.75, 3.05) is 0 Å². The van der Waals surface area contributed by atoms with Crippen LogP contribution in [0.15, 0.2) is 57.4 Å². The van der Waals surface area contributed by atoms with E-state index in [2.05, 4.69) is 19.9 Å². The number of hydrogen-bond donors (Lipinski definition) is 1. The molecule has 136 valence electrons. The Morgan fingerprint density at radius 3 is 1.96 bits per heavy atom. The number of aliphatic hydroxyl groups excluding tert-OH is 1. The fourth-order valence-corrected chi connectivity index (χ4v) is 2.62. The highest BCUT2D eigenvalue weighted by Gasteiger charge is 2.31. The topological polar surface area (TPSA) is 54.4 Å². The highest BCUT2D eigenvalue weighted by molar-refractivity contribution is 6.50. The summed E-state index contributed by atoms with van der Waals surface area (Å²) in [6.07, 6.45) is 8.68. The molecule has 1 rings (SSSR count). The van der Waals surface area contributed by atoms with Crippen LogP contribution in [0.5, 0.6) is 0 Å². The second kappa shape index (κ2) is 9.36. The minimum absolute atomic E-state index is 0.0204. The molecular formula is C22H30O3. The molecule has 0 bridgehead atoms. The highest BCUT2D eigenvalue weighted by Crippen LogP contribution is 2.29. The summed E-state index contributed by atoms with van der Waals surface area (Å²) in [6, 6.07) is 0. The highest BCUT2D eigenvalue weighted by atomic mass is 16.3. The van der Waals surface area contributed by atoms with Gasteiger partial charge in [0.1, 0.15) is 5.76 Å². The molecule has 0 spiro atoms. The van der Waals surface area contributed by atoms with Crippen LogP contribution >= 0.6 is 0 Å². The summed E-state index contributed by atoms with van der Waals surface area (Å²) in [4.78, 5) is 24.5. The van der Waals surface area contributed by atoms with Crippen LogP contribution in [-0.4, -0.2) is 16.7 Å². The Balaban J connectivity index is 3.02. The van der Waals surface area contributed by atoms with Crippen molar-refractivity contribution in [3.05, 3.63) is 57.4 Å². The van der Waals surface area contributed by atoms with Crippen LogP contribution in [-0.2, 0) is 9.59 Å². The van der Waals surface area contributed by atoms with Gasteiger partial charge in [0.05, 0.1) is 0 Å². The molecule has 0 amide bonds. The summed E-state index contributed by atoms with van der Waals surface area (Å²) in [7, 11) is 0. The number of Topliss-reactive ketones (excluding diaryl/α,β-unsaturated/α-hetero) is 2. The van der Waals surface area contributed by atoms with E-state index in [1.165, 1.54) is 5.57 Å². The Labute approximate surface area is 151 Å². The van der Waals surface area contributed by atoms with Crippen LogP contribution in [0.4, 0.5) is 0 Å². The molecular weight excluding hydrogens is 312 g/mol. The van der Waals surface area contributed by atoms with Crippen molar-refractivity contribution in [2.24, 2.45) is 0 Å². The number of carbonyl (C=O) groups is 2. The molecule has 0 saturated carbocycles. The molecule has 1 aliphatic rings. The molecule has 1 N–H and O–H groups in total. The van der Waals surface area contributed by atoms with Gasteiger partial charge < -0.3 is 5.11 Å². The Morgan fingerprint density at radius 1 is 0.840 bits per heavy atom. The minimum Gasteiger partial charge on any atom is -0.507 e. The number of rotatable bonds is 7. The van der Waals surface area contributed by atoms with Gasteiger partial charge in [0, 0.05) is 16.7 Å². The lowest BCUT2D eigenvalue weighted by Crippen LogP contribution is -2.25. The maximum Gasteiger partial charge on any atom is 0.233 e. The second-order valence-corrected chi connectivity index (χ2v) is 7.15. The van der Waals surface area contributed by atoms with Gasteiger partial charge in [-0.1, -0.05) is 34.9 Å². The van der Waals surface area contributed by atoms with E-state index in [1.807, 2.05) is 32.9 Å². The monoisotopic (exact) mass is 342 g/mol. The van der Waals surface area contributed by atoms with Gasteiger partial charge in [0.25, 0.3) is 0 Å². The van der Waals surface area contributed by atoms with Gasteiger partial charge in [-0.3, -0.25) is 9.59 Å². The van der Waals surface area contributed by atoms with E-state index >= 15 is 0 Å². The Bertz CT molecular complexity index is 702. The molecule has 3 nitrogen and oxygen atoms in total. The summed E-state index contributed by atoms with van der Waals surface area (Å²) in [5.41, 5.74) is 4.67. The van der Waals surface area contributed by atoms with Gasteiger partial charge in [-0.05, 0) is 67.2 Å². The van der Waals surface area contributed by atoms with Crippen molar-refractivity contribution in [1.82, 2.24) is 0 Å². The molecule has 1 aliphatic carbocycles. The van der Waals surface area contributed by atoms with E-state index < -0.39 is 11.6 Å². The van der Waals surface area contributed by atoms with Gasteiger partial charge in [0.2, 0.25) is 11.6 Å². The van der Waals surface area contributed by atoms with E-state index in [-0.39, 0.29) is 11.3 Å². The third-order valence-electron chi connectivity index (χ3n) is 4.31. The third-order valence-corrected chi connectivity index (χ3v) is 4.31. The number of aliphatic hydroxyl groups is 1. The number of carbonyl (C=O) groups excluding carboxylic acids is 2. The summed E-state index contributed by atoms with van der Waals surface area (Å²) >= 11 is 0. The van der Waals surface area contributed by atoms with Crippen LogP contribution in [0.25, 0.3) is 0 Å². The lowest BCUT2D eigenvalue weighted by molar-refractivity contribution is -0.132. The van der Waals surface area contributed by atoms with Crippen LogP contribution < -0.4 is 0 Å². The smallest absolute Gasteiger partial charge is 0.233 e. The average molecular weight is 342 g/mol. The van der Waals surface area contributed by atoms with Crippen molar-refractivity contribution >= 4 is 11.6 Å². The molecule has 0 unspecified atom stereocenters. The standard InChI is InChI=1S/C22H30O3/c1-14(2)8-7-9-16(5)11-13-19-21(24)18(12-10-15(3)4)17(6)20(23)22(19)25/h8,10-11,24H,7,9,12-13H2,1-6H3. The molecule has 0 aromatic heterocycles. The van der Waals surface area contributed by atoms with Crippen molar-refractivity contribution in [3.63, 3.8) is 0 Å². The summed E-state index contributed by atoms with van der Waals surface area (Å²) in [6.45, 7) is 11.7. The lowest BCUT2D eigenvalue weighted by Gasteiger charge is -2.18. The van der Waals surface area contributed by atoms with Crippen LogP contribution in [0.3, 0.4) is 0 Å². The first-order valence-electron chi connectivity index (χ1n) is 8.78. The van der Waals surface area contributed by atoms with Crippen molar-refractivity contribution in [3.8, 4) is 0 Å². The summed E-state index contributed by atoms with van der Waals surface area (Å²) < 4.78 is 0. The van der Waals surface area contributed by atoms with Gasteiger partial charge in [0.15, 0.2) is 0 Å². The third kappa shape index (κ3) is 6.00. The van der Waals surface area contributed by atoms with Crippen LogP contribution in [0, 0.1) is 0 Å². The quantitative estimate of drug-likeness (QED) is 0.366. The predicted octanol–water partition coefficient (Wildman–Crippen LogP) is 5.71. The molecule has 0 aromatic carbocycles. The van der Waals surface area contributed by atoms with Crippen LogP contribution in [0.1, 0.15) is 67.2 Å². The van der Waals surface area contributed by atoms with Gasteiger partial charge in [-0.25, -0.2) is 0 Å². The average Bonchev–Trinajstić information content (AvgIpc) is 2.52. The summed E-state index contributed by atoms with van der Waals surface area (Å²) in [5, 5.41) is 10.5. The minimum atomic E-state index is -0.579. The normalized spacial score (nSPS) is 15.7. The first-order chi connectivity index (χ1) is 11.6. The largest absolute Gasteiger partial charge is 0.507 e. The molecule has 0 radical (unpaired) electrons. The molecule has 0 aromatic rings. The van der Waals surface area contributed by atoms with E-state index in [4.69, 9.17) is 0 Å². The zero-order chi connectivity index (χ0) is 19.1. The maximum absolute atomic E-state index is 12.3. The molecule has 0 fully saturated rings. The Morgan fingerprint density at radius 2 is 1.40 bits per heavy atom. The fourth-order valence-electron chi connectivity index (χ4n) is 2.62. The van der Waals surface area contributed by atoms with Crippen molar-refractivity contribution in [2.45, 2.75) is 67.2 Å². The number of allylic oxidation sites excluding steroid dienone is 9. The first kappa shape index (κ1) is 20.9. The molecule has 3 heteroatoms. The number of ketones is 2. The molecule has 0 heterocycles. The maximum atomic E-state index is 12.3. The first-order valence-corrected chi connectivity index (χ1v) is 8.78. The van der Waals surface area contributed by atoms with E-state index in [1.54, 1.807) is 6.92 Å². The Hall–Kier alpha value is -2.16. The zero-order valence-electron chi connectivity index (χ0n) is 16.3. The van der Waals surface area contributed by atoms with Crippen LogP contribution in [0.2, 0.25) is 0 Å². The lowest BCUT2D eigenvalue weighted by atomic mass is 9.86. The van der Waals surface area contributed by atoms with Gasteiger partial charge in [-0.2, -0.15) is 0 Å². The summed E-state index contributed by atoms with van der Waals surface area (Å²) in [5.74, 6) is -1.10. The SMILES string of the molecule is CC(C)=CCCC(C)=CCC1=C(O)C(CC=C(C)C)=C(C)C(=O)C1=O. The predicted molar refractivity (Wildman–Crippen MR) is 103 cm³/mol. The van der Waals surface area contributed by atoms with E-state index in [0.29, 0.717) is 24.0 Å². The zero-order valence-corrected chi connectivity index (χ0v) is 16.3. The van der Waals surface area contributed by atoms with E-state index in [9.17, 15) is 14.7 Å². The second-order valence-electron chi connectivity index (χ2n) is 7.15. The molecule has 25 heavy (non-hydrogen) atoms. The molecule has 0 aliphatic heterocycles. The van der Waals surface area contributed by atoms with Gasteiger partial charge in [-0.15, -0.1) is 0 Å². The fraction of sp³-hybridized carbons (Fsp3) is 0.455. The van der Waals surface area contributed by atoms with E-state index in [0.717, 1.165) is 24.0 Å². The van der Waals surface area contributed by atoms with Crippen molar-refractivity contribution in [1.29, 1.82) is 0 Å². The number of hydrogen-bond acceptors (Lipinski definition) is 3. The molecule has 0 atom stereocenters. The van der Waals surface area contributed by atoms with Crippen molar-refractivity contribution < 1.29 is 14.7 Å². The van der Waals surface area contributed by atoms with Gasteiger partial charge >= 0.3 is 0 Å².